The predicted molar refractivity (Wildman–Crippen MR) is 31.0 cm³/mol. The van der Waals surface area contributed by atoms with E-state index in [0.29, 0.717) is 5.57 Å². The van der Waals surface area contributed by atoms with Crippen LogP contribution in [0.3, 0.4) is 0 Å². The van der Waals surface area contributed by atoms with Gasteiger partial charge in [0, 0.05) is 5.57 Å². The van der Waals surface area contributed by atoms with Crippen LogP contribution in [0.5, 0.6) is 0 Å². The smallest absolute Gasteiger partial charge is 0.127 e. The van der Waals surface area contributed by atoms with Crippen LogP contribution < -0.4 is 5.73 Å². The molecule has 0 fully saturated rings. The van der Waals surface area contributed by atoms with E-state index in [1.54, 1.807) is 6.92 Å². The summed E-state index contributed by atoms with van der Waals surface area (Å²) in [5, 5.41) is 8.58. The van der Waals surface area contributed by atoms with Crippen molar-refractivity contribution in [1.29, 1.82) is 0 Å². The van der Waals surface area contributed by atoms with Crippen molar-refractivity contribution in [2.45, 2.75) is 13.2 Å². The summed E-state index contributed by atoms with van der Waals surface area (Å²) in [5.74, 6) is 0. The summed E-state index contributed by atoms with van der Waals surface area (Å²) < 4.78 is 4.56. The van der Waals surface area contributed by atoms with Gasteiger partial charge in [-0.05, 0) is 6.92 Å². The lowest BCUT2D eigenvalue weighted by molar-refractivity contribution is 0.210. The van der Waals surface area contributed by atoms with E-state index in [4.69, 9.17) is 10.8 Å². The summed E-state index contributed by atoms with van der Waals surface area (Å²) in [7, 11) is 1.51. The van der Waals surface area contributed by atoms with Gasteiger partial charge >= 0.3 is 0 Å². The number of aliphatic hydroxyl groups is 1. The Morgan fingerprint density at radius 2 is 2.38 bits per heavy atom. The van der Waals surface area contributed by atoms with Gasteiger partial charge in [0.2, 0.25) is 0 Å². The maximum absolute atomic E-state index is 8.58. The van der Waals surface area contributed by atoms with Gasteiger partial charge in [0.1, 0.15) is 6.23 Å². The molecule has 0 heterocycles. The maximum Gasteiger partial charge on any atom is 0.127 e. The van der Waals surface area contributed by atoms with Gasteiger partial charge in [-0.3, -0.25) is 0 Å². The van der Waals surface area contributed by atoms with Gasteiger partial charge in [-0.25, -0.2) is 0 Å². The molecule has 0 rings (SSSR count). The Morgan fingerprint density at radius 1 is 1.88 bits per heavy atom. The predicted octanol–water partition coefficient (Wildman–Crippen LogP) is -0.186. The van der Waals surface area contributed by atoms with Crippen molar-refractivity contribution in [2.75, 3.05) is 7.11 Å². The molecular formula is C5H11NO2. The highest BCUT2D eigenvalue weighted by Crippen LogP contribution is 1.92. The zero-order valence-electron chi connectivity index (χ0n) is 5.09. The first-order valence-corrected chi connectivity index (χ1v) is 2.31. The number of ether oxygens (including phenoxy) is 1. The van der Waals surface area contributed by atoms with Gasteiger partial charge in [-0.15, -0.1) is 0 Å². The molecular weight excluding hydrogens is 106 g/mol. The van der Waals surface area contributed by atoms with Crippen molar-refractivity contribution >= 4 is 0 Å². The summed E-state index contributed by atoms with van der Waals surface area (Å²) >= 11 is 0. The third-order valence-corrected chi connectivity index (χ3v) is 0.770. The second-order valence-electron chi connectivity index (χ2n) is 1.54. The van der Waals surface area contributed by atoms with Crippen LogP contribution in [0.4, 0.5) is 0 Å². The number of nitrogens with two attached hydrogens (primary N) is 1. The highest BCUT2D eigenvalue weighted by Gasteiger charge is 1.95. The second kappa shape index (κ2) is 3.46. The van der Waals surface area contributed by atoms with Gasteiger partial charge in [0.25, 0.3) is 0 Å². The molecule has 0 bridgehead atoms. The van der Waals surface area contributed by atoms with Crippen LogP contribution in [0.25, 0.3) is 0 Å². The van der Waals surface area contributed by atoms with E-state index in [1.165, 1.54) is 13.4 Å². The summed E-state index contributed by atoms with van der Waals surface area (Å²) in [6.07, 6.45) is 0.514. The van der Waals surface area contributed by atoms with Crippen molar-refractivity contribution in [2.24, 2.45) is 5.73 Å². The monoisotopic (exact) mass is 117 g/mol. The van der Waals surface area contributed by atoms with E-state index >= 15 is 0 Å². The number of rotatable bonds is 2. The molecule has 3 nitrogen and oxygen atoms in total. The van der Waals surface area contributed by atoms with E-state index in [1.807, 2.05) is 0 Å². The van der Waals surface area contributed by atoms with E-state index in [2.05, 4.69) is 4.74 Å². The quantitative estimate of drug-likeness (QED) is 0.389. The zero-order valence-corrected chi connectivity index (χ0v) is 5.09. The van der Waals surface area contributed by atoms with Crippen LogP contribution in [0, 0.1) is 0 Å². The molecule has 0 aliphatic rings. The van der Waals surface area contributed by atoms with Crippen LogP contribution in [0.15, 0.2) is 11.8 Å². The van der Waals surface area contributed by atoms with Gasteiger partial charge in [0.15, 0.2) is 0 Å². The zero-order chi connectivity index (χ0) is 6.57. The molecule has 0 aromatic carbocycles. The van der Waals surface area contributed by atoms with Crippen molar-refractivity contribution in [1.82, 2.24) is 0 Å². The molecule has 0 spiro atoms. The summed E-state index contributed by atoms with van der Waals surface area (Å²) in [5.41, 5.74) is 5.65. The molecule has 0 amide bonds. The summed E-state index contributed by atoms with van der Waals surface area (Å²) in [4.78, 5) is 0. The molecule has 1 atom stereocenters. The van der Waals surface area contributed by atoms with Crippen molar-refractivity contribution < 1.29 is 9.84 Å². The van der Waals surface area contributed by atoms with E-state index in [-0.39, 0.29) is 0 Å². The van der Waals surface area contributed by atoms with Gasteiger partial charge in [-0.1, -0.05) is 0 Å². The Hall–Kier alpha value is -0.540. The molecule has 0 aromatic heterocycles. The first-order chi connectivity index (χ1) is 3.68. The van der Waals surface area contributed by atoms with Crippen molar-refractivity contribution in [3.8, 4) is 0 Å². The van der Waals surface area contributed by atoms with Gasteiger partial charge < -0.3 is 15.6 Å². The van der Waals surface area contributed by atoms with Gasteiger partial charge in [-0.2, -0.15) is 0 Å². The summed E-state index contributed by atoms with van der Waals surface area (Å²) in [6, 6.07) is 0. The number of hydrogen-bond donors (Lipinski definition) is 2. The minimum atomic E-state index is -0.894. The van der Waals surface area contributed by atoms with E-state index in [9.17, 15) is 0 Å². The lowest BCUT2D eigenvalue weighted by Gasteiger charge is -2.01. The topological polar surface area (TPSA) is 55.5 Å². The normalized spacial score (nSPS) is 15.8. The Morgan fingerprint density at radius 3 is 2.50 bits per heavy atom. The number of aliphatic hydroxyl groups excluding tert-OH is 1. The molecule has 3 N–H and O–H groups in total. The molecule has 3 heteroatoms. The average Bonchev–Trinajstić information content (AvgIpc) is 1.67. The van der Waals surface area contributed by atoms with Gasteiger partial charge in [0.05, 0.1) is 13.4 Å². The lowest BCUT2D eigenvalue weighted by atomic mass is 10.3. The molecule has 8 heavy (non-hydrogen) atoms. The Balaban J connectivity index is 3.61. The Kier molecular flexibility index (Phi) is 3.23. The second-order valence-corrected chi connectivity index (χ2v) is 1.54. The van der Waals surface area contributed by atoms with Crippen molar-refractivity contribution in [3.63, 3.8) is 0 Å². The SMILES string of the molecule is COC=C(C)C(N)O. The van der Waals surface area contributed by atoms with Crippen LogP contribution >= 0.6 is 0 Å². The molecule has 0 saturated heterocycles. The fourth-order valence-corrected chi connectivity index (χ4v) is 0.256. The highest BCUT2D eigenvalue weighted by molar-refractivity contribution is 4.97. The fraction of sp³-hybridized carbons (Fsp3) is 0.600. The molecule has 1 unspecified atom stereocenters. The average molecular weight is 117 g/mol. The summed E-state index contributed by atoms with van der Waals surface area (Å²) in [6.45, 7) is 1.69. The molecule has 0 aliphatic carbocycles. The minimum Gasteiger partial charge on any atom is -0.504 e. The van der Waals surface area contributed by atoms with E-state index in [0.717, 1.165) is 0 Å². The molecule has 0 saturated carbocycles. The molecule has 0 aromatic rings. The first-order valence-electron chi connectivity index (χ1n) is 2.31. The third-order valence-electron chi connectivity index (χ3n) is 0.770. The van der Waals surface area contributed by atoms with E-state index < -0.39 is 6.23 Å². The first kappa shape index (κ1) is 7.46. The van der Waals surface area contributed by atoms with Crippen LogP contribution in [-0.2, 0) is 4.74 Å². The Labute approximate surface area is 48.8 Å². The van der Waals surface area contributed by atoms with Crippen LogP contribution in [0.1, 0.15) is 6.92 Å². The van der Waals surface area contributed by atoms with Crippen molar-refractivity contribution in [3.05, 3.63) is 11.8 Å². The highest BCUT2D eigenvalue weighted by atomic mass is 16.5. The largest absolute Gasteiger partial charge is 0.504 e. The number of methoxy groups -OCH3 is 1. The third kappa shape index (κ3) is 2.60. The number of hydrogen-bond acceptors (Lipinski definition) is 3. The molecule has 0 radical (unpaired) electrons. The Bertz CT molecular complexity index is 88.4. The fourth-order valence-electron chi connectivity index (χ4n) is 0.256. The minimum absolute atomic E-state index is 0.618. The standard InChI is InChI=1S/C5H11NO2/c1-4(3-8-2)5(6)7/h3,5,7H,6H2,1-2H3. The lowest BCUT2D eigenvalue weighted by Crippen LogP contribution is -2.19. The maximum atomic E-state index is 8.58. The molecule has 0 aliphatic heterocycles. The van der Waals surface area contributed by atoms with Crippen LogP contribution in [0.2, 0.25) is 0 Å². The molecule has 48 valence electrons. The van der Waals surface area contributed by atoms with Crippen LogP contribution in [-0.4, -0.2) is 18.4 Å².